The third-order valence-corrected chi connectivity index (χ3v) is 3.06. The van der Waals surface area contributed by atoms with Crippen LogP contribution in [0.3, 0.4) is 0 Å². The van der Waals surface area contributed by atoms with Gasteiger partial charge in [-0.05, 0) is 12.8 Å². The summed E-state index contributed by atoms with van der Waals surface area (Å²) in [6.45, 7) is 4.49. The molecule has 1 heterocycles. The average Bonchev–Trinajstić information content (AvgIpc) is 2.69. The van der Waals surface area contributed by atoms with Crippen LogP contribution in [-0.2, 0) is 36.0 Å². The number of carbonyl (C=O) groups is 2. The van der Waals surface area contributed by atoms with Crippen LogP contribution in [-0.4, -0.2) is 26.8 Å². The summed E-state index contributed by atoms with van der Waals surface area (Å²) in [5.41, 5.74) is 3.14. The molecule has 0 unspecified atom stereocenters. The van der Waals surface area contributed by atoms with Crippen molar-refractivity contribution in [3.8, 4) is 0 Å². The van der Waals surface area contributed by atoms with Crippen LogP contribution in [0.25, 0.3) is 0 Å². The van der Waals surface area contributed by atoms with Gasteiger partial charge in [0.05, 0.1) is 12.1 Å². The van der Waals surface area contributed by atoms with E-state index in [4.69, 9.17) is 5.11 Å². The number of hydrogen-bond donors (Lipinski definition) is 2. The molecule has 1 rings (SSSR count). The van der Waals surface area contributed by atoms with E-state index in [2.05, 4.69) is 10.4 Å². The summed E-state index contributed by atoms with van der Waals surface area (Å²) in [5.74, 6) is -1.20. The summed E-state index contributed by atoms with van der Waals surface area (Å²) >= 11 is 0. The minimum atomic E-state index is -0.958. The summed E-state index contributed by atoms with van der Waals surface area (Å²) < 4.78 is 1.84. The van der Waals surface area contributed by atoms with Crippen LogP contribution >= 0.6 is 0 Å². The van der Waals surface area contributed by atoms with E-state index in [9.17, 15) is 9.59 Å². The second-order valence-electron chi connectivity index (χ2n) is 4.37. The smallest absolute Gasteiger partial charge is 0.303 e. The molecular formula is C13H21N3O3. The Kier molecular flexibility index (Phi) is 5.54. The minimum Gasteiger partial charge on any atom is -0.481 e. The Morgan fingerprint density at radius 1 is 1.26 bits per heavy atom. The van der Waals surface area contributed by atoms with Gasteiger partial charge in [0.15, 0.2) is 0 Å². The van der Waals surface area contributed by atoms with Crippen LogP contribution in [0, 0.1) is 0 Å². The maximum absolute atomic E-state index is 11.5. The van der Waals surface area contributed by atoms with Gasteiger partial charge in [-0.3, -0.25) is 14.3 Å². The lowest BCUT2D eigenvalue weighted by atomic mass is 10.1. The third-order valence-electron chi connectivity index (χ3n) is 3.06. The number of nitrogens with one attached hydrogen (secondary N) is 1. The zero-order valence-electron chi connectivity index (χ0n) is 11.7. The number of carboxylic acids is 1. The summed E-state index contributed by atoms with van der Waals surface area (Å²) in [4.78, 5) is 21.9. The van der Waals surface area contributed by atoms with E-state index in [1.54, 1.807) is 0 Å². The SMILES string of the molecule is CCc1nn(C)c(CC)c1CNC(=O)CCC(=O)O. The van der Waals surface area contributed by atoms with Crippen LogP contribution in [0.2, 0.25) is 0 Å². The largest absolute Gasteiger partial charge is 0.481 e. The first-order chi connectivity index (χ1) is 8.99. The van der Waals surface area contributed by atoms with Crippen molar-refractivity contribution >= 4 is 11.9 Å². The van der Waals surface area contributed by atoms with Crippen molar-refractivity contribution in [2.45, 2.75) is 46.1 Å². The van der Waals surface area contributed by atoms with Crippen LogP contribution in [0.5, 0.6) is 0 Å². The van der Waals surface area contributed by atoms with Crippen molar-refractivity contribution in [2.75, 3.05) is 0 Å². The fourth-order valence-corrected chi connectivity index (χ4v) is 2.09. The van der Waals surface area contributed by atoms with Gasteiger partial charge in [-0.15, -0.1) is 0 Å². The van der Waals surface area contributed by atoms with Crippen LogP contribution < -0.4 is 5.32 Å². The highest BCUT2D eigenvalue weighted by Crippen LogP contribution is 2.15. The molecule has 6 heteroatoms. The zero-order valence-corrected chi connectivity index (χ0v) is 11.7. The number of aliphatic carboxylic acids is 1. The van der Waals surface area contributed by atoms with Crippen molar-refractivity contribution in [3.63, 3.8) is 0 Å². The molecule has 0 spiro atoms. The number of carboxylic acid groups (broad SMARTS) is 1. The number of carbonyl (C=O) groups excluding carboxylic acids is 1. The molecule has 6 nitrogen and oxygen atoms in total. The van der Waals surface area contributed by atoms with Crippen molar-refractivity contribution < 1.29 is 14.7 Å². The Bertz CT molecular complexity index is 466. The molecule has 1 aromatic heterocycles. The molecule has 0 saturated heterocycles. The Morgan fingerprint density at radius 2 is 1.95 bits per heavy atom. The molecule has 0 saturated carbocycles. The average molecular weight is 267 g/mol. The van der Waals surface area contributed by atoms with E-state index >= 15 is 0 Å². The highest BCUT2D eigenvalue weighted by Gasteiger charge is 2.14. The van der Waals surface area contributed by atoms with Gasteiger partial charge in [-0.2, -0.15) is 5.10 Å². The summed E-state index contributed by atoms with van der Waals surface area (Å²) in [7, 11) is 1.90. The zero-order chi connectivity index (χ0) is 14.4. The van der Waals surface area contributed by atoms with Gasteiger partial charge in [0, 0.05) is 31.3 Å². The van der Waals surface area contributed by atoms with E-state index in [0.717, 1.165) is 29.8 Å². The van der Waals surface area contributed by atoms with E-state index in [0.29, 0.717) is 6.54 Å². The Morgan fingerprint density at radius 3 is 2.47 bits per heavy atom. The highest BCUT2D eigenvalue weighted by atomic mass is 16.4. The molecule has 0 aromatic carbocycles. The highest BCUT2D eigenvalue weighted by molar-refractivity contribution is 5.80. The number of amides is 1. The van der Waals surface area contributed by atoms with Crippen molar-refractivity contribution in [2.24, 2.45) is 7.05 Å². The maximum atomic E-state index is 11.5. The predicted molar refractivity (Wildman–Crippen MR) is 70.7 cm³/mol. The van der Waals surface area contributed by atoms with E-state index in [1.165, 1.54) is 0 Å². The lowest BCUT2D eigenvalue weighted by Gasteiger charge is -2.07. The number of rotatable bonds is 7. The van der Waals surface area contributed by atoms with E-state index in [-0.39, 0.29) is 18.7 Å². The maximum Gasteiger partial charge on any atom is 0.303 e. The number of hydrogen-bond acceptors (Lipinski definition) is 3. The van der Waals surface area contributed by atoms with Crippen molar-refractivity contribution in [3.05, 3.63) is 17.0 Å². The lowest BCUT2D eigenvalue weighted by Crippen LogP contribution is -2.24. The Labute approximate surface area is 112 Å². The van der Waals surface area contributed by atoms with Gasteiger partial charge in [0.25, 0.3) is 0 Å². The molecule has 2 N–H and O–H groups in total. The fraction of sp³-hybridized carbons (Fsp3) is 0.615. The molecule has 19 heavy (non-hydrogen) atoms. The molecule has 0 bridgehead atoms. The molecule has 0 aliphatic carbocycles. The molecular weight excluding hydrogens is 246 g/mol. The van der Waals surface area contributed by atoms with Crippen LogP contribution in [0.1, 0.15) is 43.6 Å². The topological polar surface area (TPSA) is 84.2 Å². The Balaban J connectivity index is 2.66. The van der Waals surface area contributed by atoms with Gasteiger partial charge in [0.2, 0.25) is 5.91 Å². The Hall–Kier alpha value is -1.85. The normalized spacial score (nSPS) is 10.5. The lowest BCUT2D eigenvalue weighted by molar-refractivity contribution is -0.138. The second kappa shape index (κ2) is 6.92. The molecule has 0 radical (unpaired) electrons. The molecule has 0 aliphatic rings. The van der Waals surface area contributed by atoms with Gasteiger partial charge in [-0.25, -0.2) is 0 Å². The summed E-state index contributed by atoms with van der Waals surface area (Å²) in [5, 5.41) is 15.7. The van der Waals surface area contributed by atoms with Crippen molar-refractivity contribution in [1.29, 1.82) is 0 Å². The second-order valence-corrected chi connectivity index (χ2v) is 4.37. The molecule has 1 amide bonds. The molecule has 0 atom stereocenters. The first-order valence-corrected chi connectivity index (χ1v) is 6.51. The molecule has 0 aliphatic heterocycles. The molecule has 0 fully saturated rings. The van der Waals surface area contributed by atoms with Gasteiger partial charge in [0.1, 0.15) is 0 Å². The summed E-state index contributed by atoms with van der Waals surface area (Å²) in [6.07, 6.45) is 1.54. The van der Waals surface area contributed by atoms with Crippen molar-refractivity contribution in [1.82, 2.24) is 15.1 Å². The first kappa shape index (κ1) is 15.2. The van der Waals surface area contributed by atoms with E-state index in [1.807, 2.05) is 25.6 Å². The minimum absolute atomic E-state index is 0.0124. The molecule has 106 valence electrons. The monoisotopic (exact) mass is 267 g/mol. The number of aromatic nitrogens is 2. The van der Waals surface area contributed by atoms with Crippen LogP contribution in [0.15, 0.2) is 0 Å². The standard InChI is InChI=1S/C13H21N3O3/c1-4-10-9(11(5-2)16(3)15-10)8-14-12(17)6-7-13(18)19/h4-8H2,1-3H3,(H,14,17)(H,18,19). The molecule has 1 aromatic rings. The number of aryl methyl sites for hydroxylation is 2. The van der Waals surface area contributed by atoms with Crippen LogP contribution in [0.4, 0.5) is 0 Å². The number of nitrogens with zero attached hydrogens (tertiary/aromatic N) is 2. The van der Waals surface area contributed by atoms with Gasteiger partial charge >= 0.3 is 5.97 Å². The van der Waals surface area contributed by atoms with E-state index < -0.39 is 5.97 Å². The third kappa shape index (κ3) is 4.08. The van der Waals surface area contributed by atoms with Gasteiger partial charge in [-0.1, -0.05) is 13.8 Å². The van der Waals surface area contributed by atoms with Gasteiger partial charge < -0.3 is 10.4 Å². The first-order valence-electron chi connectivity index (χ1n) is 6.51. The fourth-order valence-electron chi connectivity index (χ4n) is 2.09. The predicted octanol–water partition coefficient (Wildman–Crippen LogP) is 1.03. The quantitative estimate of drug-likeness (QED) is 0.772. The summed E-state index contributed by atoms with van der Waals surface area (Å²) in [6, 6.07) is 0.